The van der Waals surface area contributed by atoms with Gasteiger partial charge in [-0.25, -0.2) is 9.97 Å². The Morgan fingerprint density at radius 3 is 2.63 bits per heavy atom. The molecule has 1 N–H and O–H groups in total. The fraction of sp³-hybridized carbons (Fsp3) is 0.238. The molecule has 2 aromatic carbocycles. The van der Waals surface area contributed by atoms with Crippen LogP contribution in [0.25, 0.3) is 0 Å². The summed E-state index contributed by atoms with van der Waals surface area (Å²) in [6.45, 7) is 5.38. The standard InChI is InChI=1S/C21H22N4O2/c1-15(2)25(12-16-6-4-3-5-7-16)21-11-20(22-13-23-21)24-17-8-9-18-19(10-17)27-14-26-18/h3-11,13,15H,12,14H2,1-2H3,(H,22,23,24). The minimum Gasteiger partial charge on any atom is -0.454 e. The summed E-state index contributed by atoms with van der Waals surface area (Å²) < 4.78 is 10.8. The lowest BCUT2D eigenvalue weighted by molar-refractivity contribution is 0.174. The molecule has 1 aliphatic rings. The van der Waals surface area contributed by atoms with Crippen LogP contribution < -0.4 is 19.7 Å². The Morgan fingerprint density at radius 1 is 1.00 bits per heavy atom. The molecule has 4 rings (SSSR count). The minimum absolute atomic E-state index is 0.263. The van der Waals surface area contributed by atoms with Gasteiger partial charge in [0.25, 0.3) is 0 Å². The Hall–Kier alpha value is -3.28. The second kappa shape index (κ2) is 7.53. The summed E-state index contributed by atoms with van der Waals surface area (Å²) in [4.78, 5) is 11.1. The van der Waals surface area contributed by atoms with Gasteiger partial charge in [0.05, 0.1) is 0 Å². The molecular formula is C21H22N4O2. The Kier molecular flexibility index (Phi) is 4.78. The molecule has 27 heavy (non-hydrogen) atoms. The first-order valence-electron chi connectivity index (χ1n) is 8.98. The predicted octanol–water partition coefficient (Wildman–Crippen LogP) is 4.36. The van der Waals surface area contributed by atoms with Crippen LogP contribution >= 0.6 is 0 Å². The maximum absolute atomic E-state index is 5.43. The van der Waals surface area contributed by atoms with E-state index in [1.165, 1.54) is 5.56 Å². The number of fused-ring (bicyclic) bond motifs is 1. The van der Waals surface area contributed by atoms with Crippen LogP contribution in [-0.2, 0) is 6.54 Å². The molecule has 0 saturated carbocycles. The summed E-state index contributed by atoms with van der Waals surface area (Å²) in [6.07, 6.45) is 1.59. The molecule has 0 bridgehead atoms. The van der Waals surface area contributed by atoms with Gasteiger partial charge in [-0.15, -0.1) is 0 Å². The van der Waals surface area contributed by atoms with Crippen molar-refractivity contribution in [2.75, 3.05) is 17.0 Å². The highest BCUT2D eigenvalue weighted by atomic mass is 16.7. The highest BCUT2D eigenvalue weighted by Crippen LogP contribution is 2.35. The quantitative estimate of drug-likeness (QED) is 0.703. The largest absolute Gasteiger partial charge is 0.454 e. The molecule has 6 heteroatoms. The van der Waals surface area contributed by atoms with Gasteiger partial charge in [-0.2, -0.15) is 0 Å². The molecule has 2 heterocycles. The molecule has 0 unspecified atom stereocenters. The van der Waals surface area contributed by atoms with Gasteiger partial charge in [-0.05, 0) is 31.5 Å². The van der Waals surface area contributed by atoms with Crippen LogP contribution in [0.1, 0.15) is 19.4 Å². The zero-order chi connectivity index (χ0) is 18.6. The van der Waals surface area contributed by atoms with E-state index in [0.717, 1.165) is 35.4 Å². The molecule has 0 spiro atoms. The van der Waals surface area contributed by atoms with E-state index in [4.69, 9.17) is 9.47 Å². The lowest BCUT2D eigenvalue weighted by Crippen LogP contribution is -2.31. The van der Waals surface area contributed by atoms with Gasteiger partial charge in [-0.3, -0.25) is 0 Å². The molecule has 3 aromatic rings. The van der Waals surface area contributed by atoms with Crippen molar-refractivity contribution in [1.82, 2.24) is 9.97 Å². The maximum atomic E-state index is 5.43. The first-order chi connectivity index (χ1) is 13.2. The predicted molar refractivity (Wildman–Crippen MR) is 106 cm³/mol. The highest BCUT2D eigenvalue weighted by Gasteiger charge is 2.15. The molecule has 6 nitrogen and oxygen atoms in total. The van der Waals surface area contributed by atoms with E-state index in [1.54, 1.807) is 6.33 Å². The van der Waals surface area contributed by atoms with E-state index in [0.29, 0.717) is 6.04 Å². The van der Waals surface area contributed by atoms with Crippen LogP contribution in [0.4, 0.5) is 17.3 Å². The number of benzene rings is 2. The fourth-order valence-corrected chi connectivity index (χ4v) is 3.00. The fourth-order valence-electron chi connectivity index (χ4n) is 3.00. The summed E-state index contributed by atoms with van der Waals surface area (Å²) in [7, 11) is 0. The van der Waals surface area contributed by atoms with Gasteiger partial charge in [-0.1, -0.05) is 30.3 Å². The molecule has 0 radical (unpaired) electrons. The molecule has 0 saturated heterocycles. The molecule has 0 atom stereocenters. The number of nitrogens with zero attached hydrogens (tertiary/aromatic N) is 3. The third-order valence-electron chi connectivity index (χ3n) is 4.41. The normalized spacial score (nSPS) is 12.3. The number of nitrogens with one attached hydrogen (secondary N) is 1. The zero-order valence-corrected chi connectivity index (χ0v) is 15.4. The smallest absolute Gasteiger partial charge is 0.231 e. The van der Waals surface area contributed by atoms with Crippen molar-refractivity contribution in [2.24, 2.45) is 0 Å². The van der Waals surface area contributed by atoms with Crippen molar-refractivity contribution >= 4 is 17.3 Å². The van der Waals surface area contributed by atoms with Crippen molar-refractivity contribution in [1.29, 1.82) is 0 Å². The molecular weight excluding hydrogens is 340 g/mol. The zero-order valence-electron chi connectivity index (χ0n) is 15.4. The summed E-state index contributed by atoms with van der Waals surface area (Å²) in [6, 6.07) is 18.4. The van der Waals surface area contributed by atoms with Gasteiger partial charge < -0.3 is 19.7 Å². The van der Waals surface area contributed by atoms with Gasteiger partial charge in [0.15, 0.2) is 11.5 Å². The Morgan fingerprint density at radius 2 is 1.81 bits per heavy atom. The Balaban J connectivity index is 1.55. The third kappa shape index (κ3) is 3.95. The topological polar surface area (TPSA) is 59.5 Å². The summed E-state index contributed by atoms with van der Waals surface area (Å²) in [5.41, 5.74) is 2.14. The van der Waals surface area contributed by atoms with E-state index in [-0.39, 0.29) is 6.79 Å². The monoisotopic (exact) mass is 362 g/mol. The molecule has 0 aliphatic carbocycles. The van der Waals surface area contributed by atoms with Crippen molar-refractivity contribution in [2.45, 2.75) is 26.4 Å². The lowest BCUT2D eigenvalue weighted by atomic mass is 10.2. The summed E-state index contributed by atoms with van der Waals surface area (Å²) in [5.74, 6) is 3.12. The maximum Gasteiger partial charge on any atom is 0.231 e. The number of hydrogen-bond acceptors (Lipinski definition) is 6. The van der Waals surface area contributed by atoms with Gasteiger partial charge in [0.2, 0.25) is 6.79 Å². The Bertz CT molecular complexity index is 915. The van der Waals surface area contributed by atoms with Crippen molar-refractivity contribution in [3.8, 4) is 11.5 Å². The minimum atomic E-state index is 0.263. The number of ether oxygens (including phenoxy) is 2. The number of anilines is 3. The van der Waals surface area contributed by atoms with E-state index in [1.807, 2.05) is 30.3 Å². The second-order valence-electron chi connectivity index (χ2n) is 6.66. The SMILES string of the molecule is CC(C)N(Cc1ccccc1)c1cc(Nc2ccc3c(c2)OCO3)ncn1. The van der Waals surface area contributed by atoms with Gasteiger partial charge in [0.1, 0.15) is 18.0 Å². The molecule has 138 valence electrons. The van der Waals surface area contributed by atoms with Crippen LogP contribution in [0.5, 0.6) is 11.5 Å². The van der Waals surface area contributed by atoms with Crippen molar-refractivity contribution in [3.63, 3.8) is 0 Å². The number of aromatic nitrogens is 2. The van der Waals surface area contributed by atoms with Crippen LogP contribution in [0.15, 0.2) is 60.9 Å². The van der Waals surface area contributed by atoms with E-state index in [2.05, 4.69) is 58.3 Å². The van der Waals surface area contributed by atoms with Crippen LogP contribution in [0.3, 0.4) is 0 Å². The Labute approximate surface area is 158 Å². The summed E-state index contributed by atoms with van der Waals surface area (Å²) in [5, 5.41) is 3.32. The van der Waals surface area contributed by atoms with Crippen LogP contribution in [0, 0.1) is 0 Å². The van der Waals surface area contributed by atoms with Crippen molar-refractivity contribution < 1.29 is 9.47 Å². The lowest BCUT2D eigenvalue weighted by Gasteiger charge is -2.28. The average molecular weight is 362 g/mol. The number of hydrogen-bond donors (Lipinski definition) is 1. The van der Waals surface area contributed by atoms with Crippen LogP contribution in [-0.4, -0.2) is 22.8 Å². The molecule has 1 aliphatic heterocycles. The first kappa shape index (κ1) is 17.1. The average Bonchev–Trinajstić information content (AvgIpc) is 3.15. The van der Waals surface area contributed by atoms with E-state index >= 15 is 0 Å². The third-order valence-corrected chi connectivity index (χ3v) is 4.41. The summed E-state index contributed by atoms with van der Waals surface area (Å²) >= 11 is 0. The van der Waals surface area contributed by atoms with Crippen molar-refractivity contribution in [3.05, 3.63) is 66.5 Å². The number of rotatable bonds is 6. The first-order valence-corrected chi connectivity index (χ1v) is 8.98. The van der Waals surface area contributed by atoms with Crippen LogP contribution in [0.2, 0.25) is 0 Å². The van der Waals surface area contributed by atoms with Gasteiger partial charge >= 0.3 is 0 Å². The highest BCUT2D eigenvalue weighted by molar-refractivity contribution is 5.63. The second-order valence-corrected chi connectivity index (χ2v) is 6.66. The van der Waals surface area contributed by atoms with E-state index in [9.17, 15) is 0 Å². The van der Waals surface area contributed by atoms with Gasteiger partial charge in [0, 0.05) is 30.4 Å². The van der Waals surface area contributed by atoms with E-state index < -0.39 is 0 Å². The molecule has 0 fully saturated rings. The molecule has 0 amide bonds. The molecule has 1 aromatic heterocycles.